The topological polar surface area (TPSA) is 162 Å². The zero-order valence-corrected chi connectivity index (χ0v) is 32.4. The maximum absolute atomic E-state index is 14.4. The van der Waals surface area contributed by atoms with E-state index in [2.05, 4.69) is 40.1 Å². The zero-order chi connectivity index (χ0) is 41.9. The maximum Gasteiger partial charge on any atom is 0.481 e. The van der Waals surface area contributed by atoms with Gasteiger partial charge in [0.1, 0.15) is 17.6 Å². The lowest BCUT2D eigenvalue weighted by Crippen LogP contribution is -2.63. The molecule has 8 rings (SSSR count). The van der Waals surface area contributed by atoms with Gasteiger partial charge in [-0.3, -0.25) is 14.2 Å². The predicted molar refractivity (Wildman–Crippen MR) is 201 cm³/mol. The van der Waals surface area contributed by atoms with Crippen molar-refractivity contribution < 1.29 is 50.4 Å². The molecule has 2 aromatic carbocycles. The number of hydrogen-bond donors (Lipinski definition) is 4. The fraction of sp³-hybridized carbons (Fsp3) is 0.513. The Labute approximate surface area is 330 Å². The molecular formula is C39H44BF5N6O7. The van der Waals surface area contributed by atoms with Crippen molar-refractivity contribution in [3.05, 3.63) is 87.6 Å². The van der Waals surface area contributed by atoms with Crippen molar-refractivity contribution in [3.63, 3.8) is 0 Å². The van der Waals surface area contributed by atoms with Gasteiger partial charge in [-0.2, -0.15) is 13.2 Å². The summed E-state index contributed by atoms with van der Waals surface area (Å²) < 4.78 is 87.1. The highest BCUT2D eigenvalue weighted by molar-refractivity contribution is 6.48. The van der Waals surface area contributed by atoms with Crippen LogP contribution in [-0.4, -0.2) is 65.8 Å². The number of rotatable bonds is 11. The molecule has 1 aromatic heterocycles. The molecule has 3 aromatic rings. The number of halogens is 5. The summed E-state index contributed by atoms with van der Waals surface area (Å²) in [6.45, 7) is 7.48. The lowest BCUT2D eigenvalue weighted by atomic mass is 9.45. The van der Waals surface area contributed by atoms with Crippen molar-refractivity contribution >= 4 is 36.4 Å². The average molecular weight is 815 g/mol. The van der Waals surface area contributed by atoms with Gasteiger partial charge in [0.15, 0.2) is 0 Å². The Morgan fingerprint density at radius 2 is 1.79 bits per heavy atom. The largest absolute Gasteiger partial charge is 0.481 e. The molecule has 7 atom stereocenters. The Balaban J connectivity index is 1.18. The fourth-order valence-electron chi connectivity index (χ4n) is 9.14. The standard InChI is InChI=1S/C39H44BF5N6O7/c1-36(2)22-14-24(36)30-38(4,16-22)58-40(57-30)28(15-29(41)42)49-31(52)27-17-37(3,50-35(55)48-25-12-7-6-11-23(25)33(54)56-5)34-47-19-26(32(53)51(27)34)46-18-20-9-8-10-21(13-20)39(43,44)45/h6-13,19,22,24,27-30,46H,14-18H2,1-5H3,(H,49,52)(H2,48,50,55)/t22?,24?,27-,28-,30+,37+,38-/m0/s1. The van der Waals surface area contributed by atoms with Gasteiger partial charge in [-0.05, 0) is 73.8 Å². The molecule has 13 nitrogen and oxygen atoms in total. The van der Waals surface area contributed by atoms with E-state index >= 15 is 0 Å². The summed E-state index contributed by atoms with van der Waals surface area (Å²) in [5.41, 5.74) is -3.83. The number of benzene rings is 2. The second kappa shape index (κ2) is 15.0. The number of ether oxygens (including phenoxy) is 1. The Hall–Kier alpha value is -5.04. The van der Waals surface area contributed by atoms with E-state index in [4.69, 9.17) is 14.0 Å². The molecule has 19 heteroatoms. The van der Waals surface area contributed by atoms with Crippen LogP contribution in [-0.2, 0) is 37.1 Å². The Kier molecular flexibility index (Phi) is 10.6. The van der Waals surface area contributed by atoms with Crippen molar-refractivity contribution in [3.8, 4) is 0 Å². The van der Waals surface area contributed by atoms with Crippen LogP contribution in [0.15, 0.2) is 59.5 Å². The second-order valence-corrected chi connectivity index (χ2v) is 16.6. The minimum Gasteiger partial charge on any atom is -0.465 e. The van der Waals surface area contributed by atoms with Crippen LogP contribution in [0.3, 0.4) is 0 Å². The first-order chi connectivity index (χ1) is 27.2. The minimum absolute atomic E-state index is 0.0242. The first kappa shape index (κ1) is 41.1. The van der Waals surface area contributed by atoms with Gasteiger partial charge in [0, 0.05) is 19.4 Å². The number of amides is 3. The molecule has 0 radical (unpaired) electrons. The number of hydrogen-bond acceptors (Lipinski definition) is 9. The molecule has 310 valence electrons. The summed E-state index contributed by atoms with van der Waals surface area (Å²) in [5.74, 6) is -2.47. The number of methoxy groups -OCH3 is 1. The number of anilines is 2. The number of esters is 1. The third kappa shape index (κ3) is 7.53. The third-order valence-corrected chi connectivity index (χ3v) is 12.3. The molecule has 4 N–H and O–H groups in total. The molecule has 5 aliphatic rings. The normalized spacial score (nSPS) is 27.2. The van der Waals surface area contributed by atoms with Crippen molar-refractivity contribution in [2.75, 3.05) is 17.7 Å². The van der Waals surface area contributed by atoms with Gasteiger partial charge < -0.3 is 35.3 Å². The number of urea groups is 1. The van der Waals surface area contributed by atoms with Gasteiger partial charge in [0.25, 0.3) is 5.56 Å². The Bertz CT molecular complexity index is 2170. The van der Waals surface area contributed by atoms with Crippen LogP contribution in [0.2, 0.25) is 0 Å². The maximum atomic E-state index is 14.4. The summed E-state index contributed by atoms with van der Waals surface area (Å²) >= 11 is 0. The molecule has 58 heavy (non-hydrogen) atoms. The van der Waals surface area contributed by atoms with Crippen LogP contribution in [0, 0.1) is 17.3 Å². The molecule has 3 heterocycles. The van der Waals surface area contributed by atoms with E-state index in [0.717, 1.165) is 29.3 Å². The van der Waals surface area contributed by atoms with Crippen LogP contribution in [0.1, 0.15) is 86.7 Å². The van der Waals surface area contributed by atoms with E-state index in [1.54, 1.807) is 12.1 Å². The highest BCUT2D eigenvalue weighted by Crippen LogP contribution is 2.64. The molecule has 3 aliphatic carbocycles. The summed E-state index contributed by atoms with van der Waals surface area (Å²) in [7, 11) is -0.0373. The number of nitrogens with one attached hydrogen (secondary N) is 4. The van der Waals surface area contributed by atoms with Crippen molar-refractivity contribution in [2.24, 2.45) is 17.3 Å². The number of para-hydroxylation sites is 1. The van der Waals surface area contributed by atoms with Gasteiger partial charge in [0.05, 0.1) is 53.3 Å². The second-order valence-electron chi connectivity index (χ2n) is 16.6. The van der Waals surface area contributed by atoms with Gasteiger partial charge in [-0.25, -0.2) is 23.4 Å². The zero-order valence-electron chi connectivity index (χ0n) is 32.4. The highest BCUT2D eigenvalue weighted by atomic mass is 19.4. The quantitative estimate of drug-likeness (QED) is 0.103. The molecule has 4 fully saturated rings. The summed E-state index contributed by atoms with van der Waals surface area (Å²) in [6.07, 6.45) is -6.22. The van der Waals surface area contributed by atoms with E-state index < -0.39 is 78.3 Å². The molecule has 3 amide bonds. The highest BCUT2D eigenvalue weighted by Gasteiger charge is 2.67. The molecule has 2 aliphatic heterocycles. The van der Waals surface area contributed by atoms with Crippen molar-refractivity contribution in [1.82, 2.24) is 20.2 Å². The number of fused-ring (bicyclic) bond motifs is 1. The first-order valence-corrected chi connectivity index (χ1v) is 18.9. The van der Waals surface area contributed by atoms with Crippen LogP contribution in [0.5, 0.6) is 0 Å². The van der Waals surface area contributed by atoms with Crippen LogP contribution >= 0.6 is 0 Å². The average Bonchev–Trinajstić information content (AvgIpc) is 3.68. The molecule has 1 saturated heterocycles. The molecule has 0 spiro atoms. The lowest BCUT2D eigenvalue weighted by molar-refractivity contribution is -0.185. The predicted octanol–water partition coefficient (Wildman–Crippen LogP) is 6.05. The van der Waals surface area contributed by atoms with Gasteiger partial charge >= 0.3 is 25.3 Å². The van der Waals surface area contributed by atoms with Crippen LogP contribution in [0.25, 0.3) is 0 Å². The number of aromatic nitrogens is 2. The molecule has 2 unspecified atom stereocenters. The monoisotopic (exact) mass is 814 g/mol. The smallest absolute Gasteiger partial charge is 0.465 e. The van der Waals surface area contributed by atoms with E-state index in [9.17, 15) is 41.1 Å². The summed E-state index contributed by atoms with van der Waals surface area (Å²) in [5, 5.41) is 10.8. The summed E-state index contributed by atoms with van der Waals surface area (Å²) in [6, 6.07) is 8.30. The van der Waals surface area contributed by atoms with E-state index in [1.807, 2.05) is 6.92 Å². The fourth-order valence-corrected chi connectivity index (χ4v) is 9.14. The number of carbonyl (C=O) groups excluding carboxylic acids is 3. The van der Waals surface area contributed by atoms with Crippen LogP contribution < -0.4 is 26.8 Å². The number of alkyl halides is 5. The number of carbonyl (C=O) groups is 3. The number of nitrogens with zero attached hydrogens (tertiary/aromatic N) is 2. The van der Waals surface area contributed by atoms with E-state index in [0.29, 0.717) is 12.3 Å². The van der Waals surface area contributed by atoms with Gasteiger partial charge in [0.2, 0.25) is 12.3 Å². The van der Waals surface area contributed by atoms with Crippen molar-refractivity contribution in [2.45, 2.75) is 102 Å². The van der Waals surface area contributed by atoms with Crippen LogP contribution in [0.4, 0.5) is 38.1 Å². The van der Waals surface area contributed by atoms with Gasteiger partial charge in [-0.1, -0.05) is 38.1 Å². The molecule has 3 saturated carbocycles. The lowest BCUT2D eigenvalue weighted by Gasteiger charge is -2.63. The Morgan fingerprint density at radius 1 is 1.05 bits per heavy atom. The van der Waals surface area contributed by atoms with E-state index in [-0.39, 0.29) is 58.7 Å². The van der Waals surface area contributed by atoms with Gasteiger partial charge in [-0.15, -0.1) is 0 Å². The van der Waals surface area contributed by atoms with E-state index in [1.165, 1.54) is 38.3 Å². The summed E-state index contributed by atoms with van der Waals surface area (Å²) in [4.78, 5) is 58.9. The third-order valence-electron chi connectivity index (χ3n) is 12.3. The Morgan fingerprint density at radius 3 is 2.48 bits per heavy atom. The molecule has 2 bridgehead atoms. The minimum atomic E-state index is -4.60. The van der Waals surface area contributed by atoms with Crippen molar-refractivity contribution in [1.29, 1.82) is 0 Å². The molecular weight excluding hydrogens is 770 g/mol. The first-order valence-electron chi connectivity index (χ1n) is 18.9. The SMILES string of the molecule is COC(=O)c1ccccc1NC(=O)N[C@]1(C)C[C@@H](C(=O)N[C@@H](CC(F)F)B2O[C@@H]3C4CC(C[C@]3(C)O2)C4(C)C)n2c1ncc(NCc1cccc(C(F)(F)F)c1)c2=O.